The monoisotopic (exact) mass is 626 g/mol. The molecule has 1 atom stereocenters. The van der Waals surface area contributed by atoms with Crippen molar-refractivity contribution in [2.24, 2.45) is 5.92 Å². The number of unbranched alkanes of at least 4 members (excludes halogenated alkanes) is 16. The van der Waals surface area contributed by atoms with E-state index in [9.17, 15) is 9.59 Å². The number of ketones is 2. The van der Waals surface area contributed by atoms with Crippen molar-refractivity contribution in [1.82, 2.24) is 4.90 Å². The first kappa shape index (κ1) is 43.3. The summed E-state index contributed by atoms with van der Waals surface area (Å²) in [5, 5.41) is 0. The zero-order valence-corrected chi connectivity index (χ0v) is 30.6. The molecule has 0 saturated heterocycles. The van der Waals surface area contributed by atoms with Crippen molar-refractivity contribution in [3.05, 3.63) is 48.6 Å². The molecule has 45 heavy (non-hydrogen) atoms. The Balaban J connectivity index is 4.14. The molecule has 0 N–H and O–H groups in total. The van der Waals surface area contributed by atoms with E-state index in [1.54, 1.807) is 0 Å². The molecule has 0 radical (unpaired) electrons. The van der Waals surface area contributed by atoms with Gasteiger partial charge in [-0.3, -0.25) is 9.59 Å². The van der Waals surface area contributed by atoms with Crippen molar-refractivity contribution in [3.63, 3.8) is 0 Å². The summed E-state index contributed by atoms with van der Waals surface area (Å²) in [5.74, 6) is 0.525. The maximum absolute atomic E-state index is 13.1. The molecule has 3 heteroatoms. The summed E-state index contributed by atoms with van der Waals surface area (Å²) in [5.41, 5.74) is 0. The normalized spacial score (nSPS) is 13.0. The van der Waals surface area contributed by atoms with Gasteiger partial charge in [0.05, 0.1) is 0 Å². The van der Waals surface area contributed by atoms with Gasteiger partial charge in [-0.05, 0) is 91.1 Å². The molecule has 0 aromatic heterocycles. The molecule has 0 rings (SSSR count). The van der Waals surface area contributed by atoms with E-state index in [0.29, 0.717) is 25.0 Å². The van der Waals surface area contributed by atoms with E-state index < -0.39 is 0 Å². The van der Waals surface area contributed by atoms with Crippen molar-refractivity contribution in [1.29, 1.82) is 0 Å². The van der Waals surface area contributed by atoms with Gasteiger partial charge >= 0.3 is 0 Å². The fraction of sp³-hybridized carbons (Fsp3) is 0.762. The van der Waals surface area contributed by atoms with Crippen LogP contribution in [-0.4, -0.2) is 37.1 Å². The van der Waals surface area contributed by atoms with Crippen LogP contribution in [0.15, 0.2) is 48.6 Å². The molecule has 0 bridgehead atoms. The molecule has 1 unspecified atom stereocenters. The van der Waals surface area contributed by atoms with Crippen molar-refractivity contribution in [3.8, 4) is 0 Å². The molecule has 0 aliphatic carbocycles. The van der Waals surface area contributed by atoms with Crippen LogP contribution in [0.4, 0.5) is 0 Å². The van der Waals surface area contributed by atoms with Crippen LogP contribution in [0.3, 0.4) is 0 Å². The lowest BCUT2D eigenvalue weighted by molar-refractivity contribution is -0.128. The van der Waals surface area contributed by atoms with Crippen LogP contribution < -0.4 is 0 Å². The number of rotatable bonds is 34. The Kier molecular flexibility index (Phi) is 33.8. The summed E-state index contributed by atoms with van der Waals surface area (Å²) in [7, 11) is 4.00. The Bertz CT molecular complexity index is 776. The van der Waals surface area contributed by atoms with Gasteiger partial charge < -0.3 is 4.90 Å². The van der Waals surface area contributed by atoms with Crippen LogP contribution in [0, 0.1) is 5.92 Å². The fourth-order valence-electron chi connectivity index (χ4n) is 5.62. The number of nitrogens with zero attached hydrogens (tertiary/aromatic N) is 1. The average Bonchev–Trinajstić information content (AvgIpc) is 3.03. The number of Topliss-reactive ketones (excluding diaryl/α,β-unsaturated/α-hetero) is 2. The number of hydrogen-bond acceptors (Lipinski definition) is 3. The molecule has 3 nitrogen and oxygen atoms in total. The lowest BCUT2D eigenvalue weighted by Gasteiger charge is -2.16. The third-order valence-corrected chi connectivity index (χ3v) is 8.64. The lowest BCUT2D eigenvalue weighted by Crippen LogP contribution is -2.22. The third-order valence-electron chi connectivity index (χ3n) is 8.64. The minimum absolute atomic E-state index is 0.0662. The highest BCUT2D eigenvalue weighted by Gasteiger charge is 2.21. The van der Waals surface area contributed by atoms with Crippen LogP contribution in [0.5, 0.6) is 0 Å². The second kappa shape index (κ2) is 35.1. The molecule has 0 aromatic rings. The van der Waals surface area contributed by atoms with Gasteiger partial charge in [0.15, 0.2) is 0 Å². The van der Waals surface area contributed by atoms with Crippen molar-refractivity contribution in [2.75, 3.05) is 20.6 Å². The van der Waals surface area contributed by atoms with E-state index in [1.807, 2.05) is 14.1 Å². The minimum Gasteiger partial charge on any atom is -0.309 e. The van der Waals surface area contributed by atoms with Crippen LogP contribution in [0.25, 0.3) is 0 Å². The molecule has 0 spiro atoms. The number of carbonyl (C=O) groups excluding carboxylic acids is 2. The summed E-state index contributed by atoms with van der Waals surface area (Å²) >= 11 is 0. The van der Waals surface area contributed by atoms with Gasteiger partial charge in [0.1, 0.15) is 11.6 Å². The Morgan fingerprint density at radius 3 is 1.40 bits per heavy atom. The molecular weight excluding hydrogens is 550 g/mol. The summed E-state index contributed by atoms with van der Waals surface area (Å²) in [6.07, 6.45) is 47.5. The van der Waals surface area contributed by atoms with E-state index in [-0.39, 0.29) is 11.7 Å². The fourth-order valence-corrected chi connectivity index (χ4v) is 5.62. The molecule has 260 valence electrons. The SMILES string of the molecule is CCCCC/C=C\C/C=C\CCCCCCCC(=O)C(CCCCCCC/C=C\C/C=C\CCCCC)CC(=O)CCN(C)C. The lowest BCUT2D eigenvalue weighted by atomic mass is 9.88. The van der Waals surface area contributed by atoms with Crippen molar-refractivity contribution in [2.45, 2.75) is 181 Å². The quantitative estimate of drug-likeness (QED) is 0.0527. The van der Waals surface area contributed by atoms with Crippen LogP contribution in [-0.2, 0) is 9.59 Å². The van der Waals surface area contributed by atoms with E-state index in [4.69, 9.17) is 0 Å². The Morgan fingerprint density at radius 2 is 0.933 bits per heavy atom. The summed E-state index contributed by atoms with van der Waals surface area (Å²) < 4.78 is 0. The molecule has 0 amide bonds. The second-order valence-electron chi connectivity index (χ2n) is 13.5. The average molecular weight is 626 g/mol. The highest BCUT2D eigenvalue weighted by molar-refractivity contribution is 5.88. The Labute approximate surface area is 281 Å². The first-order valence-corrected chi connectivity index (χ1v) is 19.3. The number of allylic oxidation sites excluding steroid dienone is 8. The molecule has 0 heterocycles. The maximum Gasteiger partial charge on any atom is 0.136 e. The van der Waals surface area contributed by atoms with Gasteiger partial charge in [0.2, 0.25) is 0 Å². The van der Waals surface area contributed by atoms with E-state index in [1.165, 1.54) is 103 Å². The summed E-state index contributed by atoms with van der Waals surface area (Å²) in [6, 6.07) is 0. The van der Waals surface area contributed by atoms with Gasteiger partial charge in [-0.25, -0.2) is 0 Å². The Hall–Kier alpha value is -1.74. The molecular formula is C42H75NO2. The Morgan fingerprint density at radius 1 is 0.511 bits per heavy atom. The van der Waals surface area contributed by atoms with Gasteiger partial charge in [-0.2, -0.15) is 0 Å². The highest BCUT2D eigenvalue weighted by atomic mass is 16.1. The predicted octanol–water partition coefficient (Wildman–Crippen LogP) is 12.7. The van der Waals surface area contributed by atoms with E-state index >= 15 is 0 Å². The van der Waals surface area contributed by atoms with Gasteiger partial charge in [0.25, 0.3) is 0 Å². The summed E-state index contributed by atoms with van der Waals surface area (Å²) in [4.78, 5) is 27.8. The zero-order chi connectivity index (χ0) is 33.1. The molecule has 0 aromatic carbocycles. The number of carbonyl (C=O) groups is 2. The first-order valence-electron chi connectivity index (χ1n) is 19.3. The topological polar surface area (TPSA) is 37.4 Å². The number of hydrogen-bond donors (Lipinski definition) is 0. The minimum atomic E-state index is -0.0662. The largest absolute Gasteiger partial charge is 0.309 e. The standard InChI is InChI=1S/C42H75NO2/c1-5-7-9-11-13-15-17-19-21-23-25-27-29-31-33-35-40(39-41(44)37-38-43(3)4)42(45)36-34-32-30-28-26-24-22-20-18-16-14-12-10-8-6-2/h13-16,19-22,40H,5-12,17-18,23-39H2,1-4H3/b15-13-,16-14-,21-19-,22-20-. The molecule has 0 aliphatic heterocycles. The van der Waals surface area contributed by atoms with Gasteiger partial charge in [-0.1, -0.05) is 133 Å². The molecule has 0 fully saturated rings. The van der Waals surface area contributed by atoms with E-state index in [0.717, 1.165) is 51.5 Å². The molecule has 0 saturated carbocycles. The maximum atomic E-state index is 13.1. The first-order chi connectivity index (χ1) is 22.0. The zero-order valence-electron chi connectivity index (χ0n) is 30.6. The van der Waals surface area contributed by atoms with Crippen molar-refractivity contribution >= 4 is 11.6 Å². The summed E-state index contributed by atoms with van der Waals surface area (Å²) in [6.45, 7) is 5.27. The second-order valence-corrected chi connectivity index (χ2v) is 13.5. The smallest absolute Gasteiger partial charge is 0.136 e. The predicted molar refractivity (Wildman–Crippen MR) is 200 cm³/mol. The highest BCUT2D eigenvalue weighted by Crippen LogP contribution is 2.21. The van der Waals surface area contributed by atoms with E-state index in [2.05, 4.69) is 67.4 Å². The van der Waals surface area contributed by atoms with Crippen molar-refractivity contribution < 1.29 is 9.59 Å². The van der Waals surface area contributed by atoms with Crippen LogP contribution in [0.1, 0.15) is 181 Å². The van der Waals surface area contributed by atoms with Gasteiger partial charge in [-0.15, -0.1) is 0 Å². The van der Waals surface area contributed by atoms with Crippen LogP contribution in [0.2, 0.25) is 0 Å². The van der Waals surface area contributed by atoms with Gasteiger partial charge in [0, 0.05) is 31.7 Å². The molecule has 0 aliphatic rings. The van der Waals surface area contributed by atoms with Crippen LogP contribution >= 0.6 is 0 Å². The third kappa shape index (κ3) is 33.4.